The van der Waals surface area contributed by atoms with Gasteiger partial charge in [0.15, 0.2) is 0 Å². The molecule has 0 bridgehead atoms. The summed E-state index contributed by atoms with van der Waals surface area (Å²) in [7, 11) is 1.83. The first-order chi connectivity index (χ1) is 6.80. The summed E-state index contributed by atoms with van der Waals surface area (Å²) in [5.41, 5.74) is 6.08. The second-order valence-electron chi connectivity index (χ2n) is 4.91. The monoisotopic (exact) mass is 198 g/mol. The van der Waals surface area contributed by atoms with Gasteiger partial charge in [0.1, 0.15) is 0 Å². The molecule has 2 fully saturated rings. The third kappa shape index (κ3) is 1.69. The molecule has 0 aromatic carbocycles. The van der Waals surface area contributed by atoms with Crippen molar-refractivity contribution < 1.29 is 4.74 Å². The summed E-state index contributed by atoms with van der Waals surface area (Å²) >= 11 is 0. The number of hydrogen-bond acceptors (Lipinski definition) is 3. The summed E-state index contributed by atoms with van der Waals surface area (Å²) in [5.74, 6) is 0.869. The van der Waals surface area contributed by atoms with E-state index < -0.39 is 0 Å². The van der Waals surface area contributed by atoms with Crippen LogP contribution in [0.4, 0.5) is 0 Å². The zero-order valence-corrected chi connectivity index (χ0v) is 9.17. The van der Waals surface area contributed by atoms with E-state index in [9.17, 15) is 0 Å². The van der Waals surface area contributed by atoms with Crippen molar-refractivity contribution in [2.24, 2.45) is 17.1 Å². The molecule has 0 radical (unpaired) electrons. The molecule has 1 aliphatic carbocycles. The van der Waals surface area contributed by atoms with Gasteiger partial charge in [-0.1, -0.05) is 6.42 Å². The summed E-state index contributed by atoms with van der Waals surface area (Å²) < 4.78 is 5.40. The Kier molecular flexibility index (Phi) is 3.10. The van der Waals surface area contributed by atoms with Gasteiger partial charge in [0.05, 0.1) is 6.61 Å². The van der Waals surface area contributed by atoms with Gasteiger partial charge in [0, 0.05) is 38.7 Å². The van der Waals surface area contributed by atoms with Crippen molar-refractivity contribution in [1.82, 2.24) is 4.90 Å². The number of ether oxygens (including phenoxy) is 1. The summed E-state index contributed by atoms with van der Waals surface area (Å²) in [4.78, 5) is 2.52. The highest BCUT2D eigenvalue weighted by atomic mass is 16.5. The van der Waals surface area contributed by atoms with Gasteiger partial charge in [-0.2, -0.15) is 0 Å². The Bertz CT molecular complexity index is 198. The topological polar surface area (TPSA) is 38.5 Å². The average Bonchev–Trinajstić information content (AvgIpc) is 2.61. The third-order valence-corrected chi connectivity index (χ3v) is 3.99. The number of fused-ring (bicyclic) bond motifs is 1. The van der Waals surface area contributed by atoms with Crippen LogP contribution in [0, 0.1) is 11.3 Å². The van der Waals surface area contributed by atoms with Crippen LogP contribution in [0.3, 0.4) is 0 Å². The fourth-order valence-electron chi connectivity index (χ4n) is 3.40. The van der Waals surface area contributed by atoms with Crippen molar-refractivity contribution >= 4 is 0 Å². The van der Waals surface area contributed by atoms with E-state index in [1.807, 2.05) is 7.11 Å². The molecule has 0 amide bonds. The van der Waals surface area contributed by atoms with Gasteiger partial charge in [0.2, 0.25) is 0 Å². The zero-order valence-electron chi connectivity index (χ0n) is 9.17. The molecule has 0 spiro atoms. The predicted molar refractivity (Wildman–Crippen MR) is 57.1 cm³/mol. The minimum atomic E-state index is 0.476. The Labute approximate surface area is 86.6 Å². The lowest BCUT2D eigenvalue weighted by molar-refractivity contribution is 0.0706. The normalized spacial score (nSPS) is 37.7. The highest BCUT2D eigenvalue weighted by Crippen LogP contribution is 2.48. The Balaban J connectivity index is 1.99. The zero-order chi connectivity index (χ0) is 10.0. The van der Waals surface area contributed by atoms with E-state index in [2.05, 4.69) is 4.90 Å². The van der Waals surface area contributed by atoms with E-state index in [0.717, 1.165) is 25.6 Å². The number of nitrogens with two attached hydrogens (primary N) is 1. The molecule has 3 nitrogen and oxygen atoms in total. The Morgan fingerprint density at radius 1 is 1.57 bits per heavy atom. The molecule has 1 heterocycles. The smallest absolute Gasteiger partial charge is 0.0534 e. The van der Waals surface area contributed by atoms with Crippen LogP contribution in [0.15, 0.2) is 0 Å². The second-order valence-corrected chi connectivity index (χ2v) is 4.91. The largest absolute Gasteiger partial charge is 0.384 e. The molecule has 0 aromatic heterocycles. The van der Waals surface area contributed by atoms with Crippen molar-refractivity contribution in [3.05, 3.63) is 0 Å². The maximum Gasteiger partial charge on any atom is 0.0534 e. The summed E-state index contributed by atoms with van der Waals surface area (Å²) in [6.45, 7) is 5.25. The van der Waals surface area contributed by atoms with Crippen LogP contribution < -0.4 is 5.73 Å². The van der Waals surface area contributed by atoms with E-state index in [-0.39, 0.29) is 0 Å². The van der Waals surface area contributed by atoms with Crippen LogP contribution in [0.1, 0.15) is 19.3 Å². The molecule has 0 aromatic rings. The fourth-order valence-corrected chi connectivity index (χ4v) is 3.40. The third-order valence-electron chi connectivity index (χ3n) is 3.99. The molecule has 82 valence electrons. The number of likely N-dealkylation sites (tertiary alicyclic amines) is 1. The lowest BCUT2D eigenvalue weighted by atomic mass is 9.82. The number of methoxy groups -OCH3 is 1. The number of rotatable bonds is 4. The van der Waals surface area contributed by atoms with E-state index >= 15 is 0 Å². The molecule has 1 saturated carbocycles. The van der Waals surface area contributed by atoms with Gasteiger partial charge in [0.25, 0.3) is 0 Å². The van der Waals surface area contributed by atoms with Crippen molar-refractivity contribution in [1.29, 1.82) is 0 Å². The van der Waals surface area contributed by atoms with E-state index in [0.29, 0.717) is 5.41 Å². The van der Waals surface area contributed by atoms with E-state index in [1.54, 1.807) is 0 Å². The molecule has 0 unspecified atom stereocenters. The first-order valence-electron chi connectivity index (χ1n) is 5.72. The van der Waals surface area contributed by atoms with Crippen molar-refractivity contribution in [2.45, 2.75) is 19.3 Å². The fraction of sp³-hybridized carbons (Fsp3) is 1.00. The Morgan fingerprint density at radius 3 is 3.14 bits per heavy atom. The van der Waals surface area contributed by atoms with Crippen molar-refractivity contribution in [3.8, 4) is 0 Å². The maximum absolute atomic E-state index is 5.60. The lowest BCUT2D eigenvalue weighted by Crippen LogP contribution is -2.33. The standard InChI is InChI=1S/C11H22N2O/c1-14-9-11-4-2-3-10(11)7-13(8-11)6-5-12/h10H,2-9,12H2,1H3/t10-,11-/m0/s1. The molecule has 1 aliphatic heterocycles. The number of hydrogen-bond donors (Lipinski definition) is 1. The van der Waals surface area contributed by atoms with Gasteiger partial charge >= 0.3 is 0 Å². The second kappa shape index (κ2) is 4.17. The number of nitrogens with zero attached hydrogens (tertiary/aromatic N) is 1. The summed E-state index contributed by atoms with van der Waals surface area (Å²) in [6, 6.07) is 0. The van der Waals surface area contributed by atoms with Crippen LogP contribution in [0.5, 0.6) is 0 Å². The minimum Gasteiger partial charge on any atom is -0.384 e. The van der Waals surface area contributed by atoms with E-state index in [1.165, 1.54) is 32.4 Å². The average molecular weight is 198 g/mol. The highest BCUT2D eigenvalue weighted by Gasteiger charge is 2.48. The molecule has 2 rings (SSSR count). The lowest BCUT2D eigenvalue weighted by Gasteiger charge is -2.27. The first-order valence-corrected chi connectivity index (χ1v) is 5.72. The van der Waals surface area contributed by atoms with Gasteiger partial charge in [-0.15, -0.1) is 0 Å². The first kappa shape index (κ1) is 10.4. The Morgan fingerprint density at radius 2 is 2.43 bits per heavy atom. The predicted octanol–water partition coefficient (Wildman–Crippen LogP) is 0.694. The molecule has 14 heavy (non-hydrogen) atoms. The SMILES string of the molecule is COC[C@@]12CCC[C@H]1CN(CCN)C2. The molecule has 1 saturated heterocycles. The minimum absolute atomic E-state index is 0.476. The highest BCUT2D eigenvalue weighted by molar-refractivity contribution is 5.00. The van der Waals surface area contributed by atoms with Crippen LogP contribution in [-0.2, 0) is 4.74 Å². The summed E-state index contributed by atoms with van der Waals surface area (Å²) in [6.07, 6.45) is 4.14. The van der Waals surface area contributed by atoms with Gasteiger partial charge in [-0.3, -0.25) is 0 Å². The molecule has 2 N–H and O–H groups in total. The molecule has 2 atom stereocenters. The van der Waals surface area contributed by atoms with Crippen LogP contribution in [0.25, 0.3) is 0 Å². The van der Waals surface area contributed by atoms with Crippen molar-refractivity contribution in [2.75, 3.05) is 39.9 Å². The molecule has 3 heteroatoms. The van der Waals surface area contributed by atoms with Crippen LogP contribution in [-0.4, -0.2) is 44.8 Å². The van der Waals surface area contributed by atoms with E-state index in [4.69, 9.17) is 10.5 Å². The maximum atomic E-state index is 5.60. The van der Waals surface area contributed by atoms with Gasteiger partial charge < -0.3 is 15.4 Å². The van der Waals surface area contributed by atoms with Crippen molar-refractivity contribution in [3.63, 3.8) is 0 Å². The summed E-state index contributed by atoms with van der Waals surface area (Å²) in [5, 5.41) is 0. The molecular weight excluding hydrogens is 176 g/mol. The molecular formula is C11H22N2O. The van der Waals surface area contributed by atoms with Crippen LogP contribution >= 0.6 is 0 Å². The van der Waals surface area contributed by atoms with Crippen LogP contribution in [0.2, 0.25) is 0 Å². The molecule has 2 aliphatic rings. The Hall–Kier alpha value is -0.120. The quantitative estimate of drug-likeness (QED) is 0.722. The van der Waals surface area contributed by atoms with Gasteiger partial charge in [-0.25, -0.2) is 0 Å². The van der Waals surface area contributed by atoms with Gasteiger partial charge in [-0.05, 0) is 18.8 Å².